The molecule has 0 atom stereocenters. The molecule has 0 aromatic heterocycles. The molecule has 0 bridgehead atoms. The fourth-order valence-electron chi connectivity index (χ4n) is 2.91. The second-order valence-electron chi connectivity index (χ2n) is 6.98. The minimum Gasteiger partial charge on any atom is -0.399 e. The van der Waals surface area contributed by atoms with E-state index in [0.29, 0.717) is 0 Å². The van der Waals surface area contributed by atoms with E-state index in [2.05, 4.69) is 24.3 Å². The van der Waals surface area contributed by atoms with Crippen molar-refractivity contribution < 1.29 is 9.47 Å². The van der Waals surface area contributed by atoms with Crippen molar-refractivity contribution in [2.45, 2.75) is 44.9 Å². The monoisotopic (exact) mass is 370 g/mol. The summed E-state index contributed by atoms with van der Waals surface area (Å²) in [5.74, 6) is 0. The van der Waals surface area contributed by atoms with E-state index >= 15 is 0 Å². The second kappa shape index (κ2) is 13.2. The summed E-state index contributed by atoms with van der Waals surface area (Å²) in [5, 5.41) is 0. The molecule has 0 saturated heterocycles. The molecule has 0 heterocycles. The lowest BCUT2D eigenvalue weighted by molar-refractivity contribution is 0.113. The largest absolute Gasteiger partial charge is 0.399 e. The SMILES string of the molecule is Nc1ccc(CCCOCCCCCOCCCc2ccc(N)cc2)cc1. The van der Waals surface area contributed by atoms with Crippen LogP contribution in [0, 0.1) is 0 Å². The molecule has 0 aliphatic rings. The topological polar surface area (TPSA) is 70.5 Å². The molecule has 2 aromatic carbocycles. The fraction of sp³-hybridized carbons (Fsp3) is 0.478. The van der Waals surface area contributed by atoms with Crippen LogP contribution in [0.25, 0.3) is 0 Å². The molecule has 0 unspecified atom stereocenters. The van der Waals surface area contributed by atoms with Gasteiger partial charge in [0.2, 0.25) is 0 Å². The van der Waals surface area contributed by atoms with Crippen molar-refractivity contribution in [2.75, 3.05) is 37.9 Å². The minimum absolute atomic E-state index is 0.820. The van der Waals surface area contributed by atoms with Crippen molar-refractivity contribution in [2.24, 2.45) is 0 Å². The first-order valence-electron chi connectivity index (χ1n) is 10.1. The van der Waals surface area contributed by atoms with Gasteiger partial charge < -0.3 is 20.9 Å². The van der Waals surface area contributed by atoms with Gasteiger partial charge in [0.15, 0.2) is 0 Å². The fourth-order valence-corrected chi connectivity index (χ4v) is 2.91. The zero-order valence-electron chi connectivity index (χ0n) is 16.4. The standard InChI is InChI=1S/C23H34N2O2/c24-22-12-8-20(9-13-22)6-4-18-26-16-2-1-3-17-27-19-5-7-21-10-14-23(25)15-11-21/h8-15H,1-7,16-19,24-25H2. The molecular formula is C23H34N2O2. The van der Waals surface area contributed by atoms with Crippen LogP contribution in [0.2, 0.25) is 0 Å². The number of unbranched alkanes of at least 4 members (excludes halogenated alkanes) is 2. The molecule has 0 fully saturated rings. The summed E-state index contributed by atoms with van der Waals surface area (Å²) >= 11 is 0. The average Bonchev–Trinajstić information content (AvgIpc) is 2.68. The minimum atomic E-state index is 0.820. The lowest BCUT2D eigenvalue weighted by atomic mass is 10.1. The van der Waals surface area contributed by atoms with Crippen molar-refractivity contribution in [3.05, 3.63) is 59.7 Å². The van der Waals surface area contributed by atoms with Crippen LogP contribution in [-0.4, -0.2) is 26.4 Å². The Balaban J connectivity index is 1.32. The van der Waals surface area contributed by atoms with Crippen LogP contribution in [-0.2, 0) is 22.3 Å². The maximum absolute atomic E-state index is 5.71. The Kier molecular flexibility index (Phi) is 10.4. The van der Waals surface area contributed by atoms with E-state index in [9.17, 15) is 0 Å². The smallest absolute Gasteiger partial charge is 0.0469 e. The van der Waals surface area contributed by atoms with Gasteiger partial charge in [-0.3, -0.25) is 0 Å². The second-order valence-corrected chi connectivity index (χ2v) is 6.98. The van der Waals surface area contributed by atoms with Crippen molar-refractivity contribution in [1.82, 2.24) is 0 Å². The Hall–Kier alpha value is -2.04. The molecule has 0 saturated carbocycles. The van der Waals surface area contributed by atoms with Gasteiger partial charge in [-0.25, -0.2) is 0 Å². The van der Waals surface area contributed by atoms with E-state index in [1.54, 1.807) is 0 Å². The van der Waals surface area contributed by atoms with Crippen LogP contribution >= 0.6 is 0 Å². The lowest BCUT2D eigenvalue weighted by Gasteiger charge is -2.06. The zero-order valence-corrected chi connectivity index (χ0v) is 16.4. The van der Waals surface area contributed by atoms with Crippen molar-refractivity contribution in [3.8, 4) is 0 Å². The summed E-state index contributed by atoms with van der Waals surface area (Å²) in [7, 11) is 0. The first-order valence-corrected chi connectivity index (χ1v) is 10.1. The number of hydrogen-bond acceptors (Lipinski definition) is 4. The third-order valence-electron chi connectivity index (χ3n) is 4.55. The highest BCUT2D eigenvalue weighted by Crippen LogP contribution is 2.09. The summed E-state index contributed by atoms with van der Waals surface area (Å²) in [6.45, 7) is 3.34. The molecule has 27 heavy (non-hydrogen) atoms. The Morgan fingerprint density at radius 2 is 0.852 bits per heavy atom. The van der Waals surface area contributed by atoms with Gasteiger partial charge in [0, 0.05) is 37.8 Å². The first kappa shape index (κ1) is 21.3. The van der Waals surface area contributed by atoms with E-state index in [4.69, 9.17) is 20.9 Å². The molecule has 0 aliphatic carbocycles. The van der Waals surface area contributed by atoms with Crippen LogP contribution in [0.5, 0.6) is 0 Å². The number of aryl methyl sites for hydroxylation is 2. The molecule has 4 nitrogen and oxygen atoms in total. The Labute approximate surface area is 163 Å². The number of benzene rings is 2. The van der Waals surface area contributed by atoms with Crippen LogP contribution in [0.1, 0.15) is 43.2 Å². The Bertz CT molecular complexity index is 556. The third kappa shape index (κ3) is 10.0. The van der Waals surface area contributed by atoms with Gasteiger partial charge in [-0.05, 0) is 80.3 Å². The molecule has 2 aromatic rings. The molecule has 0 aliphatic heterocycles. The zero-order chi connectivity index (χ0) is 19.2. The predicted octanol–water partition coefficient (Wildman–Crippen LogP) is 4.62. The van der Waals surface area contributed by atoms with Gasteiger partial charge >= 0.3 is 0 Å². The van der Waals surface area contributed by atoms with Crippen LogP contribution < -0.4 is 11.5 Å². The van der Waals surface area contributed by atoms with E-state index < -0.39 is 0 Å². The van der Waals surface area contributed by atoms with Crippen molar-refractivity contribution in [1.29, 1.82) is 0 Å². The van der Waals surface area contributed by atoms with E-state index in [-0.39, 0.29) is 0 Å². The summed E-state index contributed by atoms with van der Waals surface area (Å²) in [6.07, 6.45) is 7.58. The van der Waals surface area contributed by atoms with Gasteiger partial charge in [-0.1, -0.05) is 24.3 Å². The summed E-state index contributed by atoms with van der Waals surface area (Å²) in [4.78, 5) is 0. The quantitative estimate of drug-likeness (QED) is 0.376. The average molecular weight is 371 g/mol. The molecule has 148 valence electrons. The lowest BCUT2D eigenvalue weighted by Crippen LogP contribution is -2.01. The van der Waals surface area contributed by atoms with Crippen LogP contribution in [0.3, 0.4) is 0 Å². The molecule has 0 spiro atoms. The van der Waals surface area contributed by atoms with Gasteiger partial charge in [0.05, 0.1) is 0 Å². The maximum Gasteiger partial charge on any atom is 0.0469 e. The summed E-state index contributed by atoms with van der Waals surface area (Å²) in [5.41, 5.74) is 15.7. The highest BCUT2D eigenvalue weighted by atomic mass is 16.5. The molecule has 4 heteroatoms. The van der Waals surface area contributed by atoms with Gasteiger partial charge in [0.1, 0.15) is 0 Å². The van der Waals surface area contributed by atoms with Crippen LogP contribution in [0.4, 0.5) is 11.4 Å². The number of hydrogen-bond donors (Lipinski definition) is 2. The molecular weight excluding hydrogens is 336 g/mol. The highest BCUT2D eigenvalue weighted by Gasteiger charge is 1.96. The number of anilines is 2. The molecule has 0 amide bonds. The normalized spacial score (nSPS) is 11.0. The van der Waals surface area contributed by atoms with Crippen molar-refractivity contribution in [3.63, 3.8) is 0 Å². The number of nitrogens with two attached hydrogens (primary N) is 2. The van der Waals surface area contributed by atoms with E-state index in [0.717, 1.165) is 82.7 Å². The third-order valence-corrected chi connectivity index (χ3v) is 4.55. The Morgan fingerprint density at radius 1 is 0.481 bits per heavy atom. The first-order chi connectivity index (χ1) is 13.2. The number of ether oxygens (including phenoxy) is 2. The van der Waals surface area contributed by atoms with Crippen LogP contribution in [0.15, 0.2) is 48.5 Å². The maximum atomic E-state index is 5.71. The Morgan fingerprint density at radius 3 is 1.26 bits per heavy atom. The number of nitrogen functional groups attached to an aromatic ring is 2. The summed E-state index contributed by atoms with van der Waals surface area (Å²) in [6, 6.07) is 16.2. The molecule has 4 N–H and O–H groups in total. The predicted molar refractivity (Wildman–Crippen MR) is 114 cm³/mol. The number of rotatable bonds is 14. The highest BCUT2D eigenvalue weighted by molar-refractivity contribution is 5.39. The van der Waals surface area contributed by atoms with E-state index in [1.807, 2.05) is 24.3 Å². The molecule has 0 radical (unpaired) electrons. The van der Waals surface area contributed by atoms with Gasteiger partial charge in [0.25, 0.3) is 0 Å². The van der Waals surface area contributed by atoms with Gasteiger partial charge in [-0.2, -0.15) is 0 Å². The van der Waals surface area contributed by atoms with E-state index in [1.165, 1.54) is 11.1 Å². The van der Waals surface area contributed by atoms with Crippen molar-refractivity contribution >= 4 is 11.4 Å². The molecule has 2 rings (SSSR count). The van der Waals surface area contributed by atoms with Gasteiger partial charge in [-0.15, -0.1) is 0 Å². The summed E-state index contributed by atoms with van der Waals surface area (Å²) < 4.78 is 11.4.